The SMILES string of the molecule is C[Si](C)(C)c1ccc2c([cH-]c3cccc([Si](C)(C)C)c32)c1C1=CC=CC1.[Cl-].[Cl-].[Zr+2]=[C](c1ccccc1)c1ccccc1. The average molecular weight is 702 g/mol. The Labute approximate surface area is 281 Å². The first kappa shape index (κ1) is 34.5. The van der Waals surface area contributed by atoms with Gasteiger partial charge in [0, 0.05) is 0 Å². The van der Waals surface area contributed by atoms with Crippen molar-refractivity contribution in [2.75, 3.05) is 0 Å². The Bertz CT molecular complexity index is 1690. The fourth-order valence-corrected chi connectivity index (χ4v) is 9.81. The molecule has 42 heavy (non-hydrogen) atoms. The van der Waals surface area contributed by atoms with Crippen molar-refractivity contribution in [2.24, 2.45) is 0 Å². The quantitative estimate of drug-likeness (QED) is 0.196. The topological polar surface area (TPSA) is 0 Å². The van der Waals surface area contributed by atoms with Crippen molar-refractivity contribution >= 4 is 56.8 Å². The molecule has 0 atom stereocenters. The maximum atomic E-state index is 2.47. The van der Waals surface area contributed by atoms with Crippen LogP contribution in [0.1, 0.15) is 23.1 Å². The van der Waals surface area contributed by atoms with E-state index in [1.54, 1.807) is 10.4 Å². The van der Waals surface area contributed by atoms with Gasteiger partial charge in [-0.15, -0.1) is 33.7 Å². The molecule has 0 aliphatic heterocycles. The third kappa shape index (κ3) is 7.37. The van der Waals surface area contributed by atoms with E-state index in [4.69, 9.17) is 0 Å². The average Bonchev–Trinajstić information content (AvgIpc) is 3.60. The molecule has 0 unspecified atom stereocenters. The van der Waals surface area contributed by atoms with E-state index in [0.29, 0.717) is 0 Å². The van der Waals surface area contributed by atoms with Gasteiger partial charge in [0.25, 0.3) is 0 Å². The Morgan fingerprint density at radius 3 is 1.74 bits per heavy atom. The van der Waals surface area contributed by atoms with Crippen LogP contribution in [0.15, 0.2) is 115 Å². The second-order valence-electron chi connectivity index (χ2n) is 12.8. The summed E-state index contributed by atoms with van der Waals surface area (Å²) >= 11 is 1.46. The van der Waals surface area contributed by atoms with Crippen LogP contribution in [0.2, 0.25) is 39.3 Å². The van der Waals surface area contributed by atoms with Gasteiger partial charge in [-0.3, -0.25) is 0 Å². The molecule has 0 bridgehead atoms. The number of benzene rings is 4. The molecule has 0 saturated heterocycles. The molecule has 5 aromatic carbocycles. The summed E-state index contributed by atoms with van der Waals surface area (Å²) in [7, 11) is -2.82. The molecular formula is C37H39Cl2Si2Zr-. The van der Waals surface area contributed by atoms with Crippen molar-refractivity contribution in [3.05, 3.63) is 132 Å². The first-order chi connectivity index (χ1) is 19.1. The maximum absolute atomic E-state index is 2.47. The van der Waals surface area contributed by atoms with Crippen molar-refractivity contribution in [1.82, 2.24) is 0 Å². The van der Waals surface area contributed by atoms with Gasteiger partial charge in [0.2, 0.25) is 0 Å². The van der Waals surface area contributed by atoms with E-state index in [1.165, 1.54) is 71.2 Å². The van der Waals surface area contributed by atoms with E-state index in [-0.39, 0.29) is 24.8 Å². The third-order valence-electron chi connectivity index (χ3n) is 7.74. The summed E-state index contributed by atoms with van der Waals surface area (Å²) in [5.74, 6) is 0. The summed E-state index contributed by atoms with van der Waals surface area (Å²) in [5, 5.41) is 9.06. The molecule has 0 heterocycles. The van der Waals surface area contributed by atoms with Crippen molar-refractivity contribution in [3.63, 3.8) is 0 Å². The van der Waals surface area contributed by atoms with E-state index in [0.717, 1.165) is 6.42 Å². The van der Waals surface area contributed by atoms with Crippen LogP contribution in [-0.4, -0.2) is 19.4 Å². The van der Waals surface area contributed by atoms with Crippen LogP contribution >= 0.6 is 0 Å². The Morgan fingerprint density at radius 2 is 1.24 bits per heavy atom. The second kappa shape index (κ2) is 14.2. The number of hydrogen-bond donors (Lipinski definition) is 0. The van der Waals surface area contributed by atoms with Gasteiger partial charge in [0.05, 0.1) is 16.1 Å². The van der Waals surface area contributed by atoms with Crippen LogP contribution in [0, 0.1) is 0 Å². The molecule has 0 amide bonds. The van der Waals surface area contributed by atoms with Crippen LogP contribution in [0.25, 0.3) is 27.1 Å². The van der Waals surface area contributed by atoms with E-state index in [1.807, 2.05) is 0 Å². The molecule has 0 nitrogen and oxygen atoms in total. The van der Waals surface area contributed by atoms with Crippen molar-refractivity contribution in [3.8, 4) is 0 Å². The van der Waals surface area contributed by atoms with Gasteiger partial charge in [0.1, 0.15) is 0 Å². The molecule has 1 aliphatic carbocycles. The Kier molecular flexibility index (Phi) is 11.6. The normalized spacial score (nSPS) is 12.7. The second-order valence-corrected chi connectivity index (χ2v) is 24.1. The summed E-state index contributed by atoms with van der Waals surface area (Å²) in [5.41, 5.74) is 5.69. The molecule has 0 aromatic heterocycles. The molecule has 0 spiro atoms. The monoisotopic (exact) mass is 699 g/mol. The zero-order valence-electron chi connectivity index (χ0n) is 25.4. The van der Waals surface area contributed by atoms with Crippen LogP contribution in [0.5, 0.6) is 0 Å². The summed E-state index contributed by atoms with van der Waals surface area (Å²) in [4.78, 5) is 0. The summed E-state index contributed by atoms with van der Waals surface area (Å²) < 4.78 is 1.42. The third-order valence-corrected chi connectivity index (χ3v) is 13.2. The molecule has 5 heteroatoms. The number of halogens is 2. The van der Waals surface area contributed by atoms with Gasteiger partial charge in [-0.2, -0.15) is 0 Å². The molecule has 0 saturated carbocycles. The van der Waals surface area contributed by atoms with Gasteiger partial charge in [-0.25, -0.2) is 0 Å². The number of rotatable bonds is 5. The predicted molar refractivity (Wildman–Crippen MR) is 181 cm³/mol. The van der Waals surface area contributed by atoms with Gasteiger partial charge in [0.15, 0.2) is 0 Å². The van der Waals surface area contributed by atoms with E-state index < -0.39 is 16.1 Å². The molecular weight excluding hydrogens is 663 g/mol. The van der Waals surface area contributed by atoms with Crippen LogP contribution in [0.3, 0.4) is 0 Å². The van der Waals surface area contributed by atoms with Gasteiger partial charge in [-0.05, 0) is 6.42 Å². The number of allylic oxidation sites excluding steroid dienone is 4. The molecule has 0 fully saturated rings. The van der Waals surface area contributed by atoms with E-state index in [9.17, 15) is 0 Å². The molecule has 6 rings (SSSR count). The van der Waals surface area contributed by atoms with Crippen molar-refractivity contribution in [2.45, 2.75) is 45.7 Å². The van der Waals surface area contributed by atoms with Gasteiger partial charge >= 0.3 is 99.2 Å². The summed E-state index contributed by atoms with van der Waals surface area (Å²) in [6, 6.07) is 35.4. The number of fused-ring (bicyclic) bond motifs is 3. The molecule has 5 aromatic rings. The Balaban J connectivity index is 0.000000258. The fourth-order valence-electron chi connectivity index (χ4n) is 5.74. The minimum atomic E-state index is -1.42. The molecule has 1 aliphatic rings. The van der Waals surface area contributed by atoms with Crippen molar-refractivity contribution in [1.29, 1.82) is 0 Å². The van der Waals surface area contributed by atoms with Gasteiger partial charge < -0.3 is 24.8 Å². The standard InChI is InChI=1S/C24H29Si2.C13H10.2ClH.Zr/c1-25(2,3)21-13-9-12-18-16-20-19(24(18)21)14-15-22(26(4,5)6)23(20)17-10-7-8-11-17;1-3-7-12(8-4-1)11-13-9-5-2-6-10-13;;;/h7-10,12-16H,11H2,1-6H3;1-10H;2*1H;/q-1;;;;+2/p-2. The summed E-state index contributed by atoms with van der Waals surface area (Å²) in [6.45, 7) is 14.8. The van der Waals surface area contributed by atoms with Crippen LogP contribution < -0.4 is 35.2 Å². The Morgan fingerprint density at radius 1 is 0.667 bits per heavy atom. The van der Waals surface area contributed by atoms with Gasteiger partial charge in [-0.1, -0.05) is 103 Å². The summed E-state index contributed by atoms with van der Waals surface area (Å²) in [6.07, 6.45) is 7.91. The first-order valence-electron chi connectivity index (χ1n) is 14.3. The molecule has 0 N–H and O–H groups in total. The minimum absolute atomic E-state index is 0. The zero-order valence-corrected chi connectivity index (χ0v) is 31.4. The zero-order chi connectivity index (χ0) is 28.5. The first-order valence-corrected chi connectivity index (χ1v) is 22.5. The van der Waals surface area contributed by atoms with Crippen molar-refractivity contribution < 1.29 is 49.0 Å². The van der Waals surface area contributed by atoms with Crippen LogP contribution in [-0.2, 0) is 24.2 Å². The molecule has 0 radical (unpaired) electrons. The fraction of sp³-hybridized carbons (Fsp3) is 0.189. The van der Waals surface area contributed by atoms with Crippen LogP contribution in [0.4, 0.5) is 0 Å². The Hall–Kier alpha value is -2.00. The van der Waals surface area contributed by atoms with E-state index in [2.05, 4.69) is 155 Å². The molecule has 214 valence electrons. The van der Waals surface area contributed by atoms with E-state index >= 15 is 0 Å². The number of hydrogen-bond acceptors (Lipinski definition) is 0. The predicted octanol–water partition coefficient (Wildman–Crippen LogP) is 2.96.